The van der Waals surface area contributed by atoms with E-state index in [-0.39, 0.29) is 123 Å². The lowest BCUT2D eigenvalue weighted by molar-refractivity contribution is -0.298. The number of rotatable bonds is 20. The first-order valence-electron chi connectivity index (χ1n) is 54.6. The van der Waals surface area contributed by atoms with Gasteiger partial charge >= 0.3 is 17.9 Å². The number of hydrogen-bond donors (Lipinski definition) is 14. The Bertz CT molecular complexity index is 3850. The molecule has 0 aromatic heterocycles. The molecule has 0 amide bonds. The summed E-state index contributed by atoms with van der Waals surface area (Å²) in [6, 6.07) is 0. The molecular weight excluding hydrogens is 1870 g/mol. The monoisotopic (exact) mass is 2080 g/mol. The minimum Gasteiger partial charge on any atom is -0.459 e. The van der Waals surface area contributed by atoms with Crippen LogP contribution in [0.2, 0.25) is 0 Å². The van der Waals surface area contributed by atoms with E-state index in [4.69, 9.17) is 71.4 Å². The molecule has 36 nitrogen and oxygen atoms in total. The summed E-state index contributed by atoms with van der Waals surface area (Å²) in [5.74, 6) is -9.70. The quantitative estimate of drug-likeness (QED) is 0.0233. The van der Waals surface area contributed by atoms with Crippen molar-refractivity contribution < 1.29 is 147 Å². The summed E-state index contributed by atoms with van der Waals surface area (Å²) < 4.78 is 72.9. The van der Waals surface area contributed by atoms with Gasteiger partial charge in [-0.3, -0.25) is 14.4 Å². The van der Waals surface area contributed by atoms with Gasteiger partial charge in [0.1, 0.15) is 72.2 Å². The van der Waals surface area contributed by atoms with Gasteiger partial charge in [-0.05, 0) is 218 Å². The Balaban J connectivity index is 0.000000544. The van der Waals surface area contributed by atoms with Gasteiger partial charge in [-0.15, -0.1) is 0 Å². The highest BCUT2D eigenvalue weighted by Gasteiger charge is 2.58. The smallest absolute Gasteiger partial charge is 0.311 e. The molecule has 8 fully saturated rings. The highest BCUT2D eigenvalue weighted by Crippen LogP contribution is 2.47. The molecule has 44 atom stereocenters. The molecule has 36 heteroatoms. The second-order valence-corrected chi connectivity index (χ2v) is 45.2. The second kappa shape index (κ2) is 59.0. The number of nitrogens with one attached hydrogen (secondary N) is 2. The molecule has 8 heterocycles. The van der Waals surface area contributed by atoms with Gasteiger partial charge < -0.3 is 148 Å². The van der Waals surface area contributed by atoms with Gasteiger partial charge in [0.2, 0.25) is 0 Å². The van der Waals surface area contributed by atoms with Crippen LogP contribution in [0.4, 0.5) is 0 Å². The van der Waals surface area contributed by atoms with Crippen molar-refractivity contribution in [3.63, 3.8) is 0 Å². The van der Waals surface area contributed by atoms with Gasteiger partial charge in [0, 0.05) is 102 Å². The fourth-order valence-electron chi connectivity index (χ4n) is 22.4. The van der Waals surface area contributed by atoms with Crippen molar-refractivity contribution in [1.82, 2.24) is 15.5 Å². The molecule has 854 valence electrons. The summed E-state index contributed by atoms with van der Waals surface area (Å²) in [7, 11) is 8.44. The predicted octanol–water partition coefficient (Wildman–Crippen LogP) is 12.0. The van der Waals surface area contributed by atoms with Crippen LogP contribution in [0, 0.1) is 88.8 Å². The number of methoxy groups -OCH3 is 3. The normalized spacial score (nSPS) is 46.3. The second-order valence-electron chi connectivity index (χ2n) is 45.2. The van der Waals surface area contributed by atoms with Crippen molar-refractivity contribution in [2.45, 2.75) is 499 Å². The first kappa shape index (κ1) is 135. The fraction of sp³-hybridized carbons (Fsp3) is 0.945. The van der Waals surface area contributed by atoms with Crippen LogP contribution in [-0.2, 0) is 85.7 Å². The molecule has 8 saturated heterocycles. The molecule has 8 aliphatic heterocycles. The van der Waals surface area contributed by atoms with E-state index in [2.05, 4.69) is 26.1 Å². The maximum atomic E-state index is 13.9. The van der Waals surface area contributed by atoms with Gasteiger partial charge in [-0.1, -0.05) is 161 Å². The highest BCUT2D eigenvalue weighted by molar-refractivity contribution is 5.90. The van der Waals surface area contributed by atoms with Gasteiger partial charge in [0.25, 0.3) is 0 Å². The molecule has 0 saturated carbocycles. The van der Waals surface area contributed by atoms with E-state index >= 15 is 0 Å². The zero-order valence-corrected chi connectivity index (χ0v) is 96.9. The van der Waals surface area contributed by atoms with Gasteiger partial charge in [-0.25, -0.2) is 0 Å². The van der Waals surface area contributed by atoms with E-state index in [1.165, 1.54) is 42.1 Å². The molecule has 14 N–H and O–H groups in total. The number of esters is 3. The van der Waals surface area contributed by atoms with Crippen molar-refractivity contribution in [2.24, 2.45) is 104 Å². The number of aliphatic hydroxyl groups is 12. The Kier molecular flexibility index (Phi) is 54.9. The number of oxime groups is 3. The van der Waals surface area contributed by atoms with Gasteiger partial charge in [0.05, 0.1) is 123 Å². The highest BCUT2D eigenvalue weighted by atomic mass is 16.7. The molecule has 145 heavy (non-hydrogen) atoms. The molecule has 0 aliphatic carbocycles. The van der Waals surface area contributed by atoms with E-state index in [0.29, 0.717) is 43.4 Å². The van der Waals surface area contributed by atoms with Crippen LogP contribution < -0.4 is 10.6 Å². The Morgan fingerprint density at radius 1 is 0.372 bits per heavy atom. The standard InChI is InChI=1S/C35H64N2O10.C34H62N2O10.C34H64N2O10.3C2H6/c1-12-26-35(10,42)30(38)21(4)28(37-47-25-14-13-15-36-18-25)19(2)16-33(8,41)23(6)20(3)29(22(5)32(40)45-26)46-27-17-34(9,43-11)31(39)24(7)44-27;1-12-25-34(10,41)29(37)20(4)27(36-46-24-13-14-35-17-24)18(2)15-32(8,40)22(6)19(3)28(21(5)31(39)44-25)45-26-16-33(9,42-11)30(38)23(7)43-26;1-14-25-34(10,41)29(37)21(4)27(35-43-16-15-36(11)12)19(2)17-32(8,40)23(6)20(3)28(22(5)31(39)45-25)46-26-18-33(9,42-13)30(38)24(7)44-26;3*1-2/h19-27,29-31,36,38-39,41-42H,12-18H2,1-11H3;18-26,28-30,35,37-38,40-41H,12-17H2,1-11H3;19-26,28-30,37-38,40-41H,14-18H2,1-13H3;3*1-2H3/t19-,20-,21+,22-,23-,24+,25?,26-,27+,29+,30-,31+,33-,34-,35-;18-,19-,20+,21-,22-,23+,24?,25-,26+,28+,29-,30+,32-,33-,34-;19-,20-,21+,22-,23-,24+,25-,26+,28+,29-,30+,32-,33-,34-;;;/m111.../s1. The summed E-state index contributed by atoms with van der Waals surface area (Å²) in [6.45, 7) is 69.5. The molecule has 0 bridgehead atoms. The summed E-state index contributed by atoms with van der Waals surface area (Å²) in [6.07, 6.45) is -11.8. The lowest BCUT2D eigenvalue weighted by Gasteiger charge is -2.47. The van der Waals surface area contributed by atoms with Crippen molar-refractivity contribution in [3.8, 4) is 0 Å². The van der Waals surface area contributed by atoms with Crippen LogP contribution in [0.5, 0.6) is 0 Å². The maximum Gasteiger partial charge on any atom is 0.311 e. The Morgan fingerprint density at radius 3 is 0.869 bits per heavy atom. The molecular formula is C109H208N6O30. The molecule has 8 aliphatic rings. The SMILES string of the molecule is CC.CC.CC.CC[C@H]1OC(=O)[C@H](C)[C@@H](O[C@H]2C[C@@](C)(OC)[C@@H](O)[C@H](C)O2)[C@H](C)[C@@H](C)[C@](C)(O)C[C@@H](C)C(=NOC2CCCNC2)[C@H](C)[C@@H](O)[C@]1(C)O.CC[C@H]1OC(=O)[C@H](C)[C@@H](O[C@H]2C[C@@](C)(OC)[C@@H](O)[C@H](C)O2)[C@H](C)[C@@H](C)[C@](C)(O)C[C@@H](C)C(=NOC2CCNC2)[C@H](C)[C@@H](O)[C@]1(C)O.CC[C@H]1OC(=O)[C@H](C)[C@@H](O[C@H]2C[C@@](C)(OC)[C@@H](O)[C@H](C)O2)[C@H](C)[C@@H](C)[C@](C)(O)C[C@@H](C)C(=NOCCN(C)C)[C@H](C)[C@@H](O)[C@]1(C)O. The number of carbonyl (C=O) groups is 3. The zero-order valence-electron chi connectivity index (χ0n) is 96.9. The van der Waals surface area contributed by atoms with Crippen molar-refractivity contribution in [1.29, 1.82) is 0 Å². The number of nitrogens with zero attached hydrogens (tertiary/aromatic N) is 4. The number of likely N-dealkylation sites (N-methyl/N-ethyl adjacent to an activating group) is 1. The third kappa shape index (κ3) is 34.7. The molecule has 0 aromatic rings. The molecule has 2 unspecified atom stereocenters. The van der Waals surface area contributed by atoms with E-state index in [0.717, 1.165) is 32.4 Å². The van der Waals surface area contributed by atoms with Crippen LogP contribution in [0.1, 0.15) is 326 Å². The van der Waals surface area contributed by atoms with Crippen LogP contribution in [-0.4, -0.2) is 349 Å². The summed E-state index contributed by atoms with van der Waals surface area (Å²) in [5, 5.41) is 159. The van der Waals surface area contributed by atoms with Crippen LogP contribution in [0.15, 0.2) is 15.5 Å². The third-order valence-electron chi connectivity index (χ3n) is 33.6. The summed E-state index contributed by atoms with van der Waals surface area (Å²) >= 11 is 0. The minimum atomic E-state index is -1.84. The fourth-order valence-corrected chi connectivity index (χ4v) is 22.4. The van der Waals surface area contributed by atoms with Gasteiger partial charge in [-0.2, -0.15) is 0 Å². The topological polar surface area (TPSA) is 497 Å². The van der Waals surface area contributed by atoms with Crippen molar-refractivity contribution in [3.05, 3.63) is 0 Å². The zero-order chi connectivity index (χ0) is 112. The van der Waals surface area contributed by atoms with Crippen LogP contribution in [0.25, 0.3) is 0 Å². The average Bonchev–Trinajstić information content (AvgIpc) is 1.52. The number of piperidine rings is 1. The lowest BCUT2D eigenvalue weighted by atomic mass is 9.70. The predicted molar refractivity (Wildman–Crippen MR) is 560 cm³/mol. The lowest BCUT2D eigenvalue weighted by Crippen LogP contribution is -2.58. The van der Waals surface area contributed by atoms with E-state index in [9.17, 15) is 75.7 Å². The number of aliphatic hydroxyl groups excluding tert-OH is 6. The first-order chi connectivity index (χ1) is 67.2. The third-order valence-corrected chi connectivity index (χ3v) is 33.6. The number of carbonyl (C=O) groups excluding carboxylic acids is 3. The maximum absolute atomic E-state index is 13.9. The Hall–Kier alpha value is -4.14. The van der Waals surface area contributed by atoms with E-state index in [1.54, 1.807) is 125 Å². The van der Waals surface area contributed by atoms with E-state index in [1.807, 2.05) is 123 Å². The number of hydrogen-bond acceptors (Lipinski definition) is 36. The molecule has 8 rings (SSSR count). The Labute approximate surface area is 871 Å². The average molecular weight is 2080 g/mol. The molecule has 0 aromatic carbocycles. The Morgan fingerprint density at radius 2 is 0.634 bits per heavy atom. The van der Waals surface area contributed by atoms with E-state index < -0.39 is 214 Å². The first-order valence-corrected chi connectivity index (χ1v) is 54.6. The molecule has 0 radical (unpaired) electrons. The number of cyclic esters (lactones) is 3. The molecule has 0 spiro atoms. The van der Waals surface area contributed by atoms with Crippen molar-refractivity contribution >= 4 is 35.0 Å². The summed E-state index contributed by atoms with van der Waals surface area (Å²) in [5.41, 5.74) is -10.6. The number of ether oxygens (including phenoxy) is 12. The van der Waals surface area contributed by atoms with Gasteiger partial charge in [0.15, 0.2) is 18.9 Å². The minimum absolute atomic E-state index is 0.119. The largest absolute Gasteiger partial charge is 0.459 e. The van der Waals surface area contributed by atoms with Crippen LogP contribution >= 0.6 is 0 Å². The summed E-state index contributed by atoms with van der Waals surface area (Å²) in [4.78, 5) is 61.1. The van der Waals surface area contributed by atoms with Crippen molar-refractivity contribution in [2.75, 3.05) is 74.8 Å². The van der Waals surface area contributed by atoms with Crippen LogP contribution in [0.3, 0.4) is 0 Å².